The fourth-order valence-corrected chi connectivity index (χ4v) is 2.89. The van der Waals surface area contributed by atoms with Crippen LogP contribution >= 0.6 is 0 Å². The summed E-state index contributed by atoms with van der Waals surface area (Å²) in [4.78, 5) is 23.9. The van der Waals surface area contributed by atoms with Crippen molar-refractivity contribution in [2.75, 3.05) is 5.32 Å². The van der Waals surface area contributed by atoms with Crippen LogP contribution in [-0.4, -0.2) is 24.4 Å². The number of nitro groups is 1. The maximum Gasteiger partial charge on any atom is 0.354 e. The minimum atomic E-state index is -0.479. The Kier molecular flexibility index (Phi) is 4.00. The Bertz CT molecular complexity index is 1170. The van der Waals surface area contributed by atoms with Gasteiger partial charge in [0, 0.05) is 5.69 Å². The van der Waals surface area contributed by atoms with Gasteiger partial charge in [0.15, 0.2) is 0 Å². The van der Waals surface area contributed by atoms with Crippen LogP contribution in [0.25, 0.3) is 16.9 Å². The van der Waals surface area contributed by atoms with Crippen molar-refractivity contribution in [3.8, 4) is 5.82 Å². The van der Waals surface area contributed by atoms with E-state index in [9.17, 15) is 10.1 Å². The molecule has 0 amide bonds. The molecule has 134 valence electrons. The average molecular weight is 360 g/mol. The first-order valence-corrected chi connectivity index (χ1v) is 8.30. The third-order valence-corrected chi connectivity index (χ3v) is 4.44. The molecule has 2 aromatic heterocycles. The van der Waals surface area contributed by atoms with Gasteiger partial charge in [0.25, 0.3) is 0 Å². The zero-order chi connectivity index (χ0) is 19.0. The molecule has 0 saturated heterocycles. The van der Waals surface area contributed by atoms with E-state index in [4.69, 9.17) is 0 Å². The SMILES string of the molecule is Cc1ccc(Nc2ncnc(-n3cnc4ccccc43)c2[N+](=O)[O-])cc1C. The number of hydrogen-bond donors (Lipinski definition) is 1. The van der Waals surface area contributed by atoms with Crippen molar-refractivity contribution in [2.45, 2.75) is 13.8 Å². The molecule has 0 bridgehead atoms. The number of aryl methyl sites for hydroxylation is 2. The maximum atomic E-state index is 11.8. The molecule has 0 aliphatic rings. The summed E-state index contributed by atoms with van der Waals surface area (Å²) in [7, 11) is 0. The highest BCUT2D eigenvalue weighted by atomic mass is 16.6. The molecule has 4 rings (SSSR count). The van der Waals surface area contributed by atoms with E-state index < -0.39 is 4.92 Å². The maximum absolute atomic E-state index is 11.8. The van der Waals surface area contributed by atoms with Crippen molar-refractivity contribution >= 4 is 28.2 Å². The van der Waals surface area contributed by atoms with Crippen molar-refractivity contribution in [1.82, 2.24) is 19.5 Å². The first-order valence-electron chi connectivity index (χ1n) is 8.30. The van der Waals surface area contributed by atoms with Crippen molar-refractivity contribution in [3.05, 3.63) is 76.4 Å². The second kappa shape index (κ2) is 6.49. The molecule has 1 N–H and O–H groups in total. The number of aromatic nitrogens is 4. The number of hydrogen-bond acceptors (Lipinski definition) is 6. The van der Waals surface area contributed by atoms with Gasteiger partial charge in [-0.2, -0.15) is 0 Å². The fraction of sp³-hybridized carbons (Fsp3) is 0.105. The lowest BCUT2D eigenvalue weighted by Crippen LogP contribution is -2.07. The lowest BCUT2D eigenvalue weighted by atomic mass is 10.1. The van der Waals surface area contributed by atoms with Crippen LogP contribution in [0.15, 0.2) is 55.1 Å². The van der Waals surface area contributed by atoms with Crippen LogP contribution in [0.2, 0.25) is 0 Å². The topological polar surface area (TPSA) is 98.8 Å². The molecule has 27 heavy (non-hydrogen) atoms. The van der Waals surface area contributed by atoms with E-state index in [1.165, 1.54) is 12.7 Å². The number of anilines is 2. The Morgan fingerprint density at radius 3 is 2.63 bits per heavy atom. The van der Waals surface area contributed by atoms with E-state index in [0.29, 0.717) is 0 Å². The highest BCUT2D eigenvalue weighted by Crippen LogP contribution is 2.32. The number of nitrogens with zero attached hydrogens (tertiary/aromatic N) is 5. The molecule has 2 heterocycles. The molecular weight excluding hydrogens is 344 g/mol. The van der Waals surface area contributed by atoms with Gasteiger partial charge in [0.05, 0.1) is 16.0 Å². The van der Waals surface area contributed by atoms with E-state index in [2.05, 4.69) is 20.3 Å². The van der Waals surface area contributed by atoms with Gasteiger partial charge in [0.2, 0.25) is 11.6 Å². The molecule has 0 aliphatic carbocycles. The molecule has 2 aromatic carbocycles. The van der Waals surface area contributed by atoms with Gasteiger partial charge in [-0.1, -0.05) is 18.2 Å². The second-order valence-electron chi connectivity index (χ2n) is 6.18. The van der Waals surface area contributed by atoms with E-state index in [-0.39, 0.29) is 17.3 Å². The Morgan fingerprint density at radius 2 is 1.85 bits per heavy atom. The molecule has 0 aliphatic heterocycles. The molecule has 4 aromatic rings. The quantitative estimate of drug-likeness (QED) is 0.435. The third kappa shape index (κ3) is 2.97. The normalized spacial score (nSPS) is 10.9. The number of benzene rings is 2. The Balaban J connectivity index is 1.85. The molecular formula is C19H16N6O2. The summed E-state index contributed by atoms with van der Waals surface area (Å²) in [5.74, 6) is 0.293. The molecule has 0 fully saturated rings. The van der Waals surface area contributed by atoms with E-state index >= 15 is 0 Å². The lowest BCUT2D eigenvalue weighted by molar-refractivity contribution is -0.384. The predicted molar refractivity (Wildman–Crippen MR) is 103 cm³/mol. The minimum Gasteiger partial charge on any atom is -0.334 e. The first kappa shape index (κ1) is 16.6. The van der Waals surface area contributed by atoms with E-state index in [1.807, 2.05) is 56.3 Å². The van der Waals surface area contributed by atoms with Crippen LogP contribution in [0.3, 0.4) is 0 Å². The van der Waals surface area contributed by atoms with Gasteiger partial charge in [0.1, 0.15) is 12.7 Å². The number of rotatable bonds is 4. The number of para-hydroxylation sites is 2. The van der Waals surface area contributed by atoms with E-state index in [0.717, 1.165) is 27.8 Å². The largest absolute Gasteiger partial charge is 0.354 e. The predicted octanol–water partition coefficient (Wildman–Crippen LogP) is 4.08. The van der Waals surface area contributed by atoms with Crippen LogP contribution in [0.4, 0.5) is 17.2 Å². The van der Waals surface area contributed by atoms with Gasteiger partial charge in [-0.25, -0.2) is 15.0 Å². The Morgan fingerprint density at radius 1 is 1.04 bits per heavy atom. The van der Waals surface area contributed by atoms with Crippen LogP contribution in [0.5, 0.6) is 0 Å². The number of fused-ring (bicyclic) bond motifs is 1. The van der Waals surface area contributed by atoms with Crippen LogP contribution in [-0.2, 0) is 0 Å². The van der Waals surface area contributed by atoms with Crippen LogP contribution in [0, 0.1) is 24.0 Å². The summed E-state index contributed by atoms with van der Waals surface area (Å²) < 4.78 is 1.60. The van der Waals surface area contributed by atoms with Crippen LogP contribution in [0.1, 0.15) is 11.1 Å². The third-order valence-electron chi connectivity index (χ3n) is 4.44. The average Bonchev–Trinajstić information content (AvgIpc) is 3.08. The minimum absolute atomic E-state index is 0.131. The van der Waals surface area contributed by atoms with Crippen molar-refractivity contribution < 1.29 is 4.92 Å². The molecule has 0 spiro atoms. The highest BCUT2D eigenvalue weighted by molar-refractivity contribution is 5.79. The zero-order valence-electron chi connectivity index (χ0n) is 14.7. The van der Waals surface area contributed by atoms with Crippen LogP contribution < -0.4 is 5.32 Å². The summed E-state index contributed by atoms with van der Waals surface area (Å²) in [6.45, 7) is 3.99. The summed E-state index contributed by atoms with van der Waals surface area (Å²) >= 11 is 0. The van der Waals surface area contributed by atoms with Crippen molar-refractivity contribution in [1.29, 1.82) is 0 Å². The van der Waals surface area contributed by atoms with E-state index in [1.54, 1.807) is 4.57 Å². The van der Waals surface area contributed by atoms with Gasteiger partial charge in [-0.05, 0) is 49.2 Å². The van der Waals surface area contributed by atoms with Crippen molar-refractivity contribution in [2.24, 2.45) is 0 Å². The number of nitrogens with one attached hydrogen (secondary N) is 1. The Labute approximate surface area is 154 Å². The molecule has 0 radical (unpaired) electrons. The smallest absolute Gasteiger partial charge is 0.334 e. The molecule has 0 saturated carbocycles. The zero-order valence-corrected chi connectivity index (χ0v) is 14.7. The number of imidazole rings is 1. The van der Waals surface area contributed by atoms with Gasteiger partial charge in [-0.15, -0.1) is 0 Å². The van der Waals surface area contributed by atoms with Crippen molar-refractivity contribution in [3.63, 3.8) is 0 Å². The standard InChI is InChI=1S/C19H16N6O2/c1-12-7-8-14(9-13(12)2)23-18-17(25(26)27)19(21-10-20-18)24-11-22-15-5-3-4-6-16(15)24/h3-11H,1-2H3,(H,20,21,23). The summed E-state index contributed by atoms with van der Waals surface area (Å²) in [6.07, 6.45) is 2.83. The Hall–Kier alpha value is -3.81. The first-order chi connectivity index (χ1) is 13.0. The lowest BCUT2D eigenvalue weighted by Gasteiger charge is -2.10. The molecule has 8 heteroatoms. The molecule has 0 atom stereocenters. The second-order valence-corrected chi connectivity index (χ2v) is 6.18. The summed E-state index contributed by atoms with van der Waals surface area (Å²) in [5.41, 5.74) is 4.20. The van der Waals surface area contributed by atoms with Gasteiger partial charge < -0.3 is 5.32 Å². The fourth-order valence-electron chi connectivity index (χ4n) is 2.89. The summed E-state index contributed by atoms with van der Waals surface area (Å²) in [6, 6.07) is 13.1. The molecule has 0 unspecified atom stereocenters. The van der Waals surface area contributed by atoms with Gasteiger partial charge >= 0.3 is 5.69 Å². The van der Waals surface area contributed by atoms with Gasteiger partial charge in [-0.3, -0.25) is 14.7 Å². The molecule has 8 nitrogen and oxygen atoms in total. The monoisotopic (exact) mass is 360 g/mol. The summed E-state index contributed by atoms with van der Waals surface area (Å²) in [5, 5.41) is 14.9. The highest BCUT2D eigenvalue weighted by Gasteiger charge is 2.25.